The fourth-order valence-corrected chi connectivity index (χ4v) is 7.77. The van der Waals surface area contributed by atoms with E-state index in [1.54, 1.807) is 44.4 Å². The molecule has 1 N–H and O–H groups in total. The molecule has 4 aromatic carbocycles. The lowest BCUT2D eigenvalue weighted by Crippen LogP contribution is -2.46. The molecular formula is C42H37FIN5O5. The van der Waals surface area contributed by atoms with Crippen molar-refractivity contribution in [2.24, 2.45) is 5.92 Å². The quantitative estimate of drug-likeness (QED) is 0.0430. The number of benzene rings is 4. The number of anilines is 1. The molecule has 12 heteroatoms. The van der Waals surface area contributed by atoms with Gasteiger partial charge in [-0.2, -0.15) is 9.97 Å². The van der Waals surface area contributed by atoms with Gasteiger partial charge in [0.1, 0.15) is 11.3 Å². The van der Waals surface area contributed by atoms with Crippen LogP contribution >= 0.6 is 22.6 Å². The summed E-state index contributed by atoms with van der Waals surface area (Å²) in [5, 5.41) is 3.68. The van der Waals surface area contributed by atoms with Crippen molar-refractivity contribution in [3.05, 3.63) is 144 Å². The monoisotopic (exact) mass is 837 g/mol. The van der Waals surface area contributed by atoms with Gasteiger partial charge < -0.3 is 24.3 Å². The molecule has 0 amide bonds. The number of aromatic nitrogens is 4. The van der Waals surface area contributed by atoms with Crippen molar-refractivity contribution < 1.29 is 28.1 Å². The van der Waals surface area contributed by atoms with Gasteiger partial charge in [0.15, 0.2) is 17.4 Å². The minimum atomic E-state index is -2.27. The van der Waals surface area contributed by atoms with Gasteiger partial charge in [0, 0.05) is 0 Å². The molecule has 54 heavy (non-hydrogen) atoms. The van der Waals surface area contributed by atoms with Gasteiger partial charge in [0.2, 0.25) is 23.3 Å². The second kappa shape index (κ2) is 15.1. The van der Waals surface area contributed by atoms with Gasteiger partial charge in [-0.15, -0.1) is 6.42 Å². The molecule has 3 heterocycles. The maximum atomic E-state index is 16.7. The number of terminal acetylenes is 1. The highest BCUT2D eigenvalue weighted by Gasteiger charge is 2.66. The van der Waals surface area contributed by atoms with E-state index < -0.39 is 35.1 Å². The van der Waals surface area contributed by atoms with E-state index in [1.807, 2.05) is 114 Å². The summed E-state index contributed by atoms with van der Waals surface area (Å²) in [5.41, 5.74) is 0.450. The Morgan fingerprint density at radius 2 is 1.56 bits per heavy atom. The summed E-state index contributed by atoms with van der Waals surface area (Å²) in [6, 6.07) is 36.0. The van der Waals surface area contributed by atoms with Gasteiger partial charge >= 0.3 is 5.97 Å². The lowest BCUT2D eigenvalue weighted by molar-refractivity contribution is -0.154. The van der Waals surface area contributed by atoms with Crippen molar-refractivity contribution in [2.45, 2.75) is 37.1 Å². The van der Waals surface area contributed by atoms with Crippen molar-refractivity contribution in [1.29, 1.82) is 0 Å². The second-order valence-electron chi connectivity index (χ2n) is 12.7. The van der Waals surface area contributed by atoms with Gasteiger partial charge in [0.05, 0.1) is 36.0 Å². The first-order valence-electron chi connectivity index (χ1n) is 17.3. The fourth-order valence-electron chi connectivity index (χ4n) is 6.93. The Morgan fingerprint density at radius 3 is 2.11 bits per heavy atom. The van der Waals surface area contributed by atoms with Crippen LogP contribution in [-0.2, 0) is 15.0 Å². The molecule has 2 aromatic heterocycles. The van der Waals surface area contributed by atoms with Crippen LogP contribution in [0.2, 0.25) is 0 Å². The number of halogens is 2. The van der Waals surface area contributed by atoms with Crippen LogP contribution in [0.3, 0.4) is 0 Å². The zero-order valence-electron chi connectivity index (χ0n) is 29.8. The summed E-state index contributed by atoms with van der Waals surface area (Å²) >= 11 is 1.91. The second-order valence-corrected chi connectivity index (χ2v) is 13.5. The van der Waals surface area contributed by atoms with Crippen molar-refractivity contribution in [1.82, 2.24) is 19.5 Å². The summed E-state index contributed by atoms with van der Waals surface area (Å²) < 4.78 is 42.0. The van der Waals surface area contributed by atoms with E-state index in [-0.39, 0.29) is 39.6 Å². The maximum Gasteiger partial charge on any atom is 0.339 e. The van der Waals surface area contributed by atoms with Crippen LogP contribution in [0.25, 0.3) is 11.2 Å². The molecule has 1 unspecified atom stereocenters. The van der Waals surface area contributed by atoms with Crippen LogP contribution in [0.5, 0.6) is 11.6 Å². The average Bonchev–Trinajstić information content (AvgIpc) is 3.74. The van der Waals surface area contributed by atoms with Crippen molar-refractivity contribution in [3.8, 4) is 24.0 Å². The smallest absolute Gasteiger partial charge is 0.339 e. The number of carbonyl (C=O) groups is 1. The molecule has 0 saturated carbocycles. The summed E-state index contributed by atoms with van der Waals surface area (Å²) in [5.74, 6) is -0.430. The summed E-state index contributed by atoms with van der Waals surface area (Å²) in [6.07, 6.45) is 6.27. The Labute approximate surface area is 326 Å². The molecule has 0 bridgehead atoms. The molecule has 1 aliphatic rings. The number of hydrogen-bond donors (Lipinski definition) is 1. The van der Waals surface area contributed by atoms with Crippen molar-refractivity contribution >= 4 is 45.7 Å². The summed E-state index contributed by atoms with van der Waals surface area (Å²) in [7, 11) is 1.62. The molecule has 0 spiro atoms. The molecule has 1 fully saturated rings. The lowest BCUT2D eigenvalue weighted by Gasteiger charge is -2.37. The fraction of sp³-hybridized carbons (Fsp3) is 0.238. The third-order valence-corrected chi connectivity index (χ3v) is 10.8. The normalized spacial score (nSPS) is 21.0. The zero-order chi connectivity index (χ0) is 37.9. The third-order valence-electron chi connectivity index (χ3n) is 9.80. The van der Waals surface area contributed by atoms with E-state index in [4.69, 9.17) is 35.3 Å². The van der Waals surface area contributed by atoms with Crippen LogP contribution in [0.1, 0.15) is 47.1 Å². The van der Waals surface area contributed by atoms with Gasteiger partial charge in [-0.05, 0) is 47.9 Å². The number of rotatable bonds is 12. The molecule has 7 rings (SSSR count). The number of ether oxygens (including phenoxy) is 4. The molecule has 4 atom stereocenters. The third kappa shape index (κ3) is 6.31. The Kier molecular flexibility index (Phi) is 10.3. The molecule has 1 aliphatic heterocycles. The van der Waals surface area contributed by atoms with Gasteiger partial charge in [-0.1, -0.05) is 126 Å². The predicted molar refractivity (Wildman–Crippen MR) is 211 cm³/mol. The van der Waals surface area contributed by atoms with E-state index in [9.17, 15) is 4.79 Å². The Balaban J connectivity index is 1.43. The van der Waals surface area contributed by atoms with Gasteiger partial charge in [0.25, 0.3) is 0 Å². The van der Waals surface area contributed by atoms with Gasteiger partial charge in [-0.3, -0.25) is 4.57 Å². The van der Waals surface area contributed by atoms with Crippen LogP contribution in [-0.4, -0.2) is 55.1 Å². The van der Waals surface area contributed by atoms with Crippen LogP contribution in [0.15, 0.2) is 122 Å². The van der Waals surface area contributed by atoms with Crippen molar-refractivity contribution in [2.75, 3.05) is 23.5 Å². The number of methoxy groups -OCH3 is 1. The number of fused-ring (bicyclic) bond motifs is 1. The number of hydrogen-bond acceptors (Lipinski definition) is 9. The summed E-state index contributed by atoms with van der Waals surface area (Å²) in [4.78, 5) is 28.1. The molecule has 1 saturated heterocycles. The highest BCUT2D eigenvalue weighted by Crippen LogP contribution is 2.53. The minimum Gasteiger partial charge on any atom is -0.497 e. The lowest BCUT2D eigenvalue weighted by atomic mass is 9.77. The van der Waals surface area contributed by atoms with Crippen LogP contribution < -0.4 is 14.8 Å². The highest BCUT2D eigenvalue weighted by molar-refractivity contribution is 14.1. The van der Waals surface area contributed by atoms with E-state index in [1.165, 1.54) is 10.9 Å². The van der Waals surface area contributed by atoms with E-state index in [2.05, 4.69) is 16.2 Å². The zero-order valence-corrected chi connectivity index (χ0v) is 31.9. The standard InChI is InChI=1S/C42H37FIN5O5/c1-5-40(53-37(50)29-16-10-7-11-17-29)28(3)41(43,26-44)54-38(40)49-27-45-34-35(49)46-39(47-36(34)52-6-2)48-42(30-18-12-8-13-19-30,31-20-14-9-15-21-31)32-22-24-33(51-4)25-23-32/h1,7-25,27-28,38H,6,26H2,2-4H3,(H,46,47,48)/t28-,38?,40+,41+/m0/s1. The molecule has 10 nitrogen and oxygen atoms in total. The Bertz CT molecular complexity index is 2250. The predicted octanol–water partition coefficient (Wildman–Crippen LogP) is 8.13. The first kappa shape index (κ1) is 36.8. The Morgan fingerprint density at radius 1 is 0.963 bits per heavy atom. The molecule has 274 valence electrons. The maximum absolute atomic E-state index is 16.7. The number of nitrogens with one attached hydrogen (secondary N) is 1. The average molecular weight is 838 g/mol. The number of alkyl halides is 2. The first-order chi connectivity index (χ1) is 26.2. The first-order valence-corrected chi connectivity index (χ1v) is 18.9. The topological polar surface area (TPSA) is 110 Å². The van der Waals surface area contributed by atoms with Gasteiger partial charge in [-0.25, -0.2) is 14.2 Å². The van der Waals surface area contributed by atoms with E-state index in [0.717, 1.165) is 16.7 Å². The van der Waals surface area contributed by atoms with Crippen LogP contribution in [0, 0.1) is 18.3 Å². The minimum absolute atomic E-state index is 0.0914. The number of esters is 1. The van der Waals surface area contributed by atoms with E-state index in [0.29, 0.717) is 5.75 Å². The SMILES string of the molecule is C#C[C@]1(OC(=O)c2ccccc2)C(n2cnc3c(OCC)nc(NC(c4ccccc4)(c4ccccc4)c4ccc(OC)cc4)nc32)O[C@](F)(CI)[C@H]1C. The number of imidazole rings is 1. The highest BCUT2D eigenvalue weighted by atomic mass is 127. The molecule has 0 aliphatic carbocycles. The number of nitrogens with zero attached hydrogens (tertiary/aromatic N) is 4. The molecule has 0 radical (unpaired) electrons. The van der Waals surface area contributed by atoms with Crippen LogP contribution in [0.4, 0.5) is 10.3 Å². The molecular weight excluding hydrogens is 800 g/mol. The summed E-state index contributed by atoms with van der Waals surface area (Å²) in [6.45, 7) is 3.67. The van der Waals surface area contributed by atoms with Crippen molar-refractivity contribution in [3.63, 3.8) is 0 Å². The Hall–Kier alpha value is -5.52. The largest absolute Gasteiger partial charge is 0.497 e. The van der Waals surface area contributed by atoms with E-state index >= 15 is 4.39 Å². The molecule has 6 aromatic rings. The number of carbonyl (C=O) groups excluding carboxylic acids is 1.